The molecule has 0 nitrogen and oxygen atoms in total. The second kappa shape index (κ2) is 8.32. The van der Waals surface area contributed by atoms with E-state index in [2.05, 4.69) is 34.6 Å². The van der Waals surface area contributed by atoms with Gasteiger partial charge in [-0.1, -0.05) is 66.7 Å². The Morgan fingerprint density at radius 1 is 0.786 bits per heavy atom. The molecule has 0 radical (unpaired) electrons. The average Bonchev–Trinajstić information content (AvgIpc) is 2.22. The van der Waals surface area contributed by atoms with Crippen molar-refractivity contribution in [2.75, 3.05) is 0 Å². The molecule has 0 N–H and O–H groups in total. The fraction of sp³-hybridized carbons (Fsp3) is 1.00. The molecule has 14 heavy (non-hydrogen) atoms. The van der Waals surface area contributed by atoms with Gasteiger partial charge in [0.2, 0.25) is 0 Å². The zero-order chi connectivity index (χ0) is 11.0. The lowest BCUT2D eigenvalue weighted by Crippen LogP contribution is -2.16. The van der Waals surface area contributed by atoms with E-state index >= 15 is 0 Å². The number of hydrogen-bond donors (Lipinski definition) is 0. The van der Waals surface area contributed by atoms with Crippen LogP contribution in [0.3, 0.4) is 0 Å². The molecule has 0 aliphatic rings. The van der Waals surface area contributed by atoms with Gasteiger partial charge in [0.1, 0.15) is 0 Å². The quantitative estimate of drug-likeness (QED) is 0.498. The van der Waals surface area contributed by atoms with Gasteiger partial charge in [-0.05, 0) is 24.2 Å². The molecule has 0 aromatic heterocycles. The fourth-order valence-electron chi connectivity index (χ4n) is 2.52. The van der Waals surface area contributed by atoms with Gasteiger partial charge in [-0.25, -0.2) is 0 Å². The van der Waals surface area contributed by atoms with E-state index in [1.165, 1.54) is 38.5 Å². The van der Waals surface area contributed by atoms with Crippen LogP contribution in [0, 0.1) is 17.8 Å². The van der Waals surface area contributed by atoms with Gasteiger partial charge in [-0.3, -0.25) is 0 Å². The predicted molar refractivity (Wildman–Crippen MR) is 66.5 cm³/mol. The van der Waals surface area contributed by atoms with Crippen molar-refractivity contribution >= 4 is 0 Å². The van der Waals surface area contributed by atoms with Gasteiger partial charge in [0, 0.05) is 0 Å². The molecule has 0 aliphatic carbocycles. The van der Waals surface area contributed by atoms with Gasteiger partial charge in [0.25, 0.3) is 0 Å². The van der Waals surface area contributed by atoms with E-state index in [0.717, 1.165) is 17.8 Å². The fourth-order valence-corrected chi connectivity index (χ4v) is 2.52. The van der Waals surface area contributed by atoms with E-state index in [-0.39, 0.29) is 0 Å². The van der Waals surface area contributed by atoms with Crippen LogP contribution in [0.25, 0.3) is 0 Å². The molecule has 0 heteroatoms. The standard InChI is InChI=1S/C14H30/c1-6-10-13(8-3)14(9-4)11-12(5)7-2/h12-14H,6-11H2,1-5H3. The Balaban J connectivity index is 4.06. The largest absolute Gasteiger partial charge is 0.0654 e. The predicted octanol–water partition coefficient (Wildman–Crippen LogP) is 5.28. The van der Waals surface area contributed by atoms with E-state index < -0.39 is 0 Å². The zero-order valence-electron chi connectivity index (χ0n) is 11.0. The highest BCUT2D eigenvalue weighted by Crippen LogP contribution is 2.30. The van der Waals surface area contributed by atoms with Crippen LogP contribution in [-0.2, 0) is 0 Å². The van der Waals surface area contributed by atoms with Gasteiger partial charge in [-0.2, -0.15) is 0 Å². The summed E-state index contributed by atoms with van der Waals surface area (Å²) in [5.74, 6) is 2.89. The summed E-state index contributed by atoms with van der Waals surface area (Å²) in [6.07, 6.45) is 8.34. The third kappa shape index (κ3) is 5.02. The highest BCUT2D eigenvalue weighted by Gasteiger charge is 2.19. The van der Waals surface area contributed by atoms with Crippen molar-refractivity contribution in [3.63, 3.8) is 0 Å². The van der Waals surface area contributed by atoms with Crippen molar-refractivity contribution in [2.24, 2.45) is 17.8 Å². The zero-order valence-corrected chi connectivity index (χ0v) is 11.0. The molecule has 0 amide bonds. The first-order valence-electron chi connectivity index (χ1n) is 6.69. The molecule has 0 saturated carbocycles. The topological polar surface area (TPSA) is 0 Å². The average molecular weight is 198 g/mol. The second-order valence-corrected chi connectivity index (χ2v) is 4.87. The smallest absolute Gasteiger partial charge is 0.0386 e. The minimum atomic E-state index is 0.922. The van der Waals surface area contributed by atoms with Crippen molar-refractivity contribution in [2.45, 2.75) is 73.1 Å². The minimum absolute atomic E-state index is 0.922. The molecule has 0 spiro atoms. The number of rotatable bonds is 8. The molecular formula is C14H30. The highest BCUT2D eigenvalue weighted by molar-refractivity contribution is 4.70. The lowest BCUT2D eigenvalue weighted by atomic mass is 9.79. The molecule has 0 aliphatic heterocycles. The minimum Gasteiger partial charge on any atom is -0.0654 e. The van der Waals surface area contributed by atoms with Crippen molar-refractivity contribution in [1.29, 1.82) is 0 Å². The van der Waals surface area contributed by atoms with Crippen molar-refractivity contribution < 1.29 is 0 Å². The Labute approximate surface area is 91.5 Å². The first kappa shape index (κ1) is 14.0. The summed E-state index contributed by atoms with van der Waals surface area (Å²) in [5.41, 5.74) is 0. The van der Waals surface area contributed by atoms with Crippen molar-refractivity contribution in [3.8, 4) is 0 Å². The summed E-state index contributed by atoms with van der Waals surface area (Å²) in [4.78, 5) is 0. The van der Waals surface area contributed by atoms with E-state index in [1.807, 2.05) is 0 Å². The molecule has 0 heterocycles. The van der Waals surface area contributed by atoms with E-state index in [1.54, 1.807) is 0 Å². The van der Waals surface area contributed by atoms with Crippen LogP contribution >= 0.6 is 0 Å². The summed E-state index contributed by atoms with van der Waals surface area (Å²) in [5, 5.41) is 0. The van der Waals surface area contributed by atoms with Gasteiger partial charge >= 0.3 is 0 Å². The van der Waals surface area contributed by atoms with Gasteiger partial charge < -0.3 is 0 Å². The second-order valence-electron chi connectivity index (χ2n) is 4.87. The van der Waals surface area contributed by atoms with E-state index in [4.69, 9.17) is 0 Å². The van der Waals surface area contributed by atoms with E-state index in [9.17, 15) is 0 Å². The Kier molecular flexibility index (Phi) is 8.32. The Morgan fingerprint density at radius 2 is 1.36 bits per heavy atom. The maximum atomic E-state index is 2.40. The van der Waals surface area contributed by atoms with Gasteiger partial charge in [-0.15, -0.1) is 0 Å². The third-order valence-electron chi connectivity index (χ3n) is 3.78. The van der Waals surface area contributed by atoms with Crippen LogP contribution in [0.2, 0.25) is 0 Å². The lowest BCUT2D eigenvalue weighted by Gasteiger charge is -2.27. The summed E-state index contributed by atoms with van der Waals surface area (Å²) in [6, 6.07) is 0. The van der Waals surface area contributed by atoms with Crippen LogP contribution in [0.5, 0.6) is 0 Å². The first-order valence-corrected chi connectivity index (χ1v) is 6.69. The molecule has 0 saturated heterocycles. The summed E-state index contributed by atoms with van der Waals surface area (Å²) in [6.45, 7) is 11.8. The monoisotopic (exact) mass is 198 g/mol. The Hall–Kier alpha value is 0. The maximum absolute atomic E-state index is 2.40. The molecule has 0 bridgehead atoms. The third-order valence-corrected chi connectivity index (χ3v) is 3.78. The summed E-state index contributed by atoms with van der Waals surface area (Å²) in [7, 11) is 0. The SMILES string of the molecule is CCCC(CC)C(CC)CC(C)CC. The highest BCUT2D eigenvalue weighted by atomic mass is 14.2. The van der Waals surface area contributed by atoms with Gasteiger partial charge in [0.05, 0.1) is 0 Å². The van der Waals surface area contributed by atoms with Crippen molar-refractivity contribution in [1.82, 2.24) is 0 Å². The van der Waals surface area contributed by atoms with Crippen LogP contribution in [0.1, 0.15) is 73.1 Å². The van der Waals surface area contributed by atoms with Gasteiger partial charge in [0.15, 0.2) is 0 Å². The number of hydrogen-bond acceptors (Lipinski definition) is 0. The molecule has 0 aromatic carbocycles. The Bertz CT molecular complexity index is 117. The Morgan fingerprint density at radius 3 is 1.71 bits per heavy atom. The molecular weight excluding hydrogens is 168 g/mol. The van der Waals surface area contributed by atoms with E-state index in [0.29, 0.717) is 0 Å². The normalized spacial score (nSPS) is 17.8. The summed E-state index contributed by atoms with van der Waals surface area (Å²) < 4.78 is 0. The summed E-state index contributed by atoms with van der Waals surface area (Å²) >= 11 is 0. The van der Waals surface area contributed by atoms with Crippen LogP contribution in [0.15, 0.2) is 0 Å². The molecule has 3 atom stereocenters. The lowest BCUT2D eigenvalue weighted by molar-refractivity contribution is 0.242. The van der Waals surface area contributed by atoms with Crippen LogP contribution < -0.4 is 0 Å². The molecule has 3 unspecified atom stereocenters. The van der Waals surface area contributed by atoms with Crippen LogP contribution in [-0.4, -0.2) is 0 Å². The van der Waals surface area contributed by atoms with Crippen molar-refractivity contribution in [3.05, 3.63) is 0 Å². The molecule has 86 valence electrons. The molecule has 0 rings (SSSR count). The first-order chi connectivity index (χ1) is 6.69. The maximum Gasteiger partial charge on any atom is -0.0386 e. The molecule has 0 fully saturated rings. The van der Waals surface area contributed by atoms with Crippen LogP contribution in [0.4, 0.5) is 0 Å². The molecule has 0 aromatic rings.